The summed E-state index contributed by atoms with van der Waals surface area (Å²) in [5.41, 5.74) is 5.26. The smallest absolute Gasteiger partial charge is 0.245 e. The lowest BCUT2D eigenvalue weighted by Crippen LogP contribution is -1.97. The molecule has 0 heterocycles. The molecule has 0 spiro atoms. The summed E-state index contributed by atoms with van der Waals surface area (Å²) >= 11 is 0. The Balaban J connectivity index is 4.17. The quantitative estimate of drug-likeness (QED) is 0.337. The van der Waals surface area contributed by atoms with Gasteiger partial charge in [0, 0.05) is 18.7 Å². The summed E-state index contributed by atoms with van der Waals surface area (Å²) in [6.45, 7) is 4.63. The third-order valence-corrected chi connectivity index (χ3v) is 0.682. The summed E-state index contributed by atoms with van der Waals surface area (Å²) in [5, 5.41) is 9.88. The van der Waals surface area contributed by atoms with Crippen molar-refractivity contribution >= 4 is 0 Å². The number of hydrogen-bond donors (Lipinski definition) is 1. The third kappa shape index (κ3) is 3.28. The van der Waals surface area contributed by atoms with Gasteiger partial charge >= 0.3 is 0 Å². The Hall–Kier alpha value is -1.32. The molecule has 0 aliphatic heterocycles. The molecule has 0 radical (unpaired) electrons. The van der Waals surface area contributed by atoms with E-state index in [0.717, 1.165) is 0 Å². The van der Waals surface area contributed by atoms with Crippen LogP contribution in [0.3, 0.4) is 0 Å². The van der Waals surface area contributed by atoms with Crippen LogP contribution in [-0.2, 0) is 0 Å². The van der Waals surface area contributed by atoms with Gasteiger partial charge in [0.2, 0.25) is 5.70 Å². The largest absolute Gasteiger partial charge is 0.399 e. The highest BCUT2D eigenvalue weighted by Gasteiger charge is 1.98. The van der Waals surface area contributed by atoms with Crippen LogP contribution in [0.25, 0.3) is 0 Å². The van der Waals surface area contributed by atoms with Gasteiger partial charge in [-0.25, -0.2) is 0 Å². The molecule has 0 saturated heterocycles. The van der Waals surface area contributed by atoms with Crippen molar-refractivity contribution in [3.63, 3.8) is 0 Å². The Morgan fingerprint density at radius 3 is 2.44 bits per heavy atom. The first kappa shape index (κ1) is 7.68. The predicted octanol–water partition coefficient (Wildman–Crippen LogP) is 0.639. The van der Waals surface area contributed by atoms with Crippen molar-refractivity contribution in [2.75, 3.05) is 0 Å². The number of nitrogens with two attached hydrogens (primary N) is 1. The summed E-state index contributed by atoms with van der Waals surface area (Å²) < 4.78 is 0. The van der Waals surface area contributed by atoms with E-state index in [9.17, 15) is 10.1 Å². The van der Waals surface area contributed by atoms with Gasteiger partial charge in [-0.15, -0.1) is 0 Å². The minimum atomic E-state index is -0.516. The number of rotatable bonds is 2. The molecule has 50 valence electrons. The molecule has 0 aliphatic rings. The van der Waals surface area contributed by atoms with Gasteiger partial charge in [0.1, 0.15) is 0 Å². The van der Waals surface area contributed by atoms with Crippen LogP contribution in [0.1, 0.15) is 6.92 Å². The molecule has 0 unspecified atom stereocenters. The first-order valence-electron chi connectivity index (χ1n) is 2.31. The van der Waals surface area contributed by atoms with Crippen LogP contribution < -0.4 is 5.73 Å². The average molecular weight is 128 g/mol. The molecule has 9 heavy (non-hydrogen) atoms. The maximum atomic E-state index is 9.88. The summed E-state index contributed by atoms with van der Waals surface area (Å²) in [7, 11) is 0. The van der Waals surface area contributed by atoms with E-state index in [0.29, 0.717) is 0 Å². The zero-order valence-electron chi connectivity index (χ0n) is 5.13. The maximum Gasteiger partial charge on any atom is 0.245 e. The number of allylic oxidation sites excluding steroid dienone is 2. The van der Waals surface area contributed by atoms with Gasteiger partial charge in [-0.3, -0.25) is 10.1 Å². The third-order valence-electron chi connectivity index (χ3n) is 0.682. The molecular formula is C5H8N2O2. The van der Waals surface area contributed by atoms with Crippen molar-refractivity contribution in [2.45, 2.75) is 6.92 Å². The van der Waals surface area contributed by atoms with Gasteiger partial charge in [0.05, 0.1) is 4.92 Å². The molecule has 0 bridgehead atoms. The molecule has 0 rings (SSSR count). The number of nitrogens with zero attached hydrogens (tertiary/aromatic N) is 1. The highest BCUT2D eigenvalue weighted by atomic mass is 16.6. The van der Waals surface area contributed by atoms with Gasteiger partial charge in [-0.05, 0) is 0 Å². The lowest BCUT2D eigenvalue weighted by molar-refractivity contribution is -0.424. The molecule has 2 N–H and O–H groups in total. The molecule has 0 fully saturated rings. The van der Waals surface area contributed by atoms with E-state index >= 15 is 0 Å². The van der Waals surface area contributed by atoms with E-state index < -0.39 is 4.92 Å². The van der Waals surface area contributed by atoms with Crippen LogP contribution >= 0.6 is 0 Å². The summed E-state index contributed by atoms with van der Waals surface area (Å²) in [5.74, 6) is 0. The standard InChI is InChI=1S/C5H8N2O2/c1-4(6)3-5(2)7(8)9/h3H,1,6H2,2H3/b5-3+. The minimum Gasteiger partial charge on any atom is -0.399 e. The minimum absolute atomic E-state index is 0.00231. The molecule has 0 aliphatic carbocycles. The van der Waals surface area contributed by atoms with E-state index in [1.165, 1.54) is 13.0 Å². The Labute approximate surface area is 52.8 Å². The van der Waals surface area contributed by atoms with Crippen LogP contribution in [0.2, 0.25) is 0 Å². The summed E-state index contributed by atoms with van der Waals surface area (Å²) in [6, 6.07) is 0. The van der Waals surface area contributed by atoms with Crippen LogP contribution in [0.5, 0.6) is 0 Å². The maximum absolute atomic E-state index is 9.88. The van der Waals surface area contributed by atoms with Crippen LogP contribution in [0, 0.1) is 10.1 Å². The Morgan fingerprint density at radius 1 is 1.89 bits per heavy atom. The first-order valence-corrected chi connectivity index (χ1v) is 2.31. The second-order valence-corrected chi connectivity index (χ2v) is 1.62. The lowest BCUT2D eigenvalue weighted by Gasteiger charge is -1.87. The lowest BCUT2D eigenvalue weighted by atomic mass is 10.4. The topological polar surface area (TPSA) is 69.2 Å². The zero-order valence-corrected chi connectivity index (χ0v) is 5.13. The molecule has 0 saturated carbocycles. The second-order valence-electron chi connectivity index (χ2n) is 1.62. The fourth-order valence-corrected chi connectivity index (χ4v) is 0.321. The second kappa shape index (κ2) is 2.86. The monoisotopic (exact) mass is 128 g/mol. The van der Waals surface area contributed by atoms with E-state index in [2.05, 4.69) is 6.58 Å². The SMILES string of the molecule is C=C(N)/C=C(\C)[N+](=O)[O-]. The normalized spacial score (nSPS) is 11.0. The Bertz CT molecular complexity index is 172. The molecular weight excluding hydrogens is 120 g/mol. The molecule has 0 amide bonds. The average Bonchev–Trinajstić information content (AvgIpc) is 1.63. The molecule has 0 aromatic rings. The fourth-order valence-electron chi connectivity index (χ4n) is 0.321. The van der Waals surface area contributed by atoms with E-state index in [-0.39, 0.29) is 11.4 Å². The van der Waals surface area contributed by atoms with E-state index in [1.54, 1.807) is 0 Å². The van der Waals surface area contributed by atoms with Crippen molar-refractivity contribution in [1.82, 2.24) is 0 Å². The van der Waals surface area contributed by atoms with Crippen molar-refractivity contribution in [1.29, 1.82) is 0 Å². The van der Waals surface area contributed by atoms with Gasteiger partial charge in [0.25, 0.3) is 0 Å². The summed E-state index contributed by atoms with van der Waals surface area (Å²) in [4.78, 5) is 9.36. The van der Waals surface area contributed by atoms with Gasteiger partial charge in [-0.2, -0.15) is 0 Å². The summed E-state index contributed by atoms with van der Waals surface area (Å²) in [6.07, 6.45) is 1.21. The van der Waals surface area contributed by atoms with Crippen LogP contribution in [-0.4, -0.2) is 4.92 Å². The van der Waals surface area contributed by atoms with Crippen LogP contribution in [0.4, 0.5) is 0 Å². The Morgan fingerprint density at radius 2 is 2.33 bits per heavy atom. The number of hydrogen-bond acceptors (Lipinski definition) is 3. The van der Waals surface area contributed by atoms with Crippen molar-refractivity contribution < 1.29 is 4.92 Å². The zero-order chi connectivity index (χ0) is 7.44. The molecule has 4 heteroatoms. The van der Waals surface area contributed by atoms with Gasteiger partial charge in [-0.1, -0.05) is 6.58 Å². The van der Waals surface area contributed by atoms with E-state index in [4.69, 9.17) is 5.73 Å². The molecule has 0 aromatic carbocycles. The van der Waals surface area contributed by atoms with E-state index in [1.807, 2.05) is 0 Å². The van der Waals surface area contributed by atoms with Crippen LogP contribution in [0.15, 0.2) is 24.0 Å². The van der Waals surface area contributed by atoms with Crippen molar-refractivity contribution in [3.05, 3.63) is 34.2 Å². The first-order chi connectivity index (χ1) is 4.04. The van der Waals surface area contributed by atoms with Gasteiger partial charge in [0.15, 0.2) is 0 Å². The van der Waals surface area contributed by atoms with Crippen molar-refractivity contribution in [3.8, 4) is 0 Å². The fraction of sp³-hybridized carbons (Fsp3) is 0.200. The molecule has 0 atom stereocenters. The highest BCUT2D eigenvalue weighted by Crippen LogP contribution is 1.94. The van der Waals surface area contributed by atoms with Crippen molar-refractivity contribution in [2.24, 2.45) is 5.73 Å². The predicted molar refractivity (Wildman–Crippen MR) is 34.1 cm³/mol. The number of nitro groups is 1. The highest BCUT2D eigenvalue weighted by molar-refractivity contribution is 5.11. The molecule has 4 nitrogen and oxygen atoms in total. The molecule has 0 aromatic heterocycles. The van der Waals surface area contributed by atoms with Gasteiger partial charge < -0.3 is 5.73 Å². The Kier molecular flexibility index (Phi) is 2.44.